The highest BCUT2D eigenvalue weighted by atomic mass is 19.4. The lowest BCUT2D eigenvalue weighted by atomic mass is 9.99. The van der Waals surface area contributed by atoms with Gasteiger partial charge in [0.15, 0.2) is 0 Å². The summed E-state index contributed by atoms with van der Waals surface area (Å²) in [5.74, 6) is 0.704. The van der Waals surface area contributed by atoms with Crippen LogP contribution in [-0.2, 0) is 12.6 Å². The monoisotopic (exact) mass is 295 g/mol. The zero-order valence-electron chi connectivity index (χ0n) is 11.5. The molecule has 112 valence electrons. The molecular formula is C16H16F3NO. The van der Waals surface area contributed by atoms with Gasteiger partial charge in [0.1, 0.15) is 5.75 Å². The van der Waals surface area contributed by atoms with E-state index in [1.54, 1.807) is 7.11 Å². The van der Waals surface area contributed by atoms with Crippen molar-refractivity contribution in [3.8, 4) is 5.75 Å². The normalized spacial score (nSPS) is 13.0. The molecule has 0 aliphatic carbocycles. The minimum Gasteiger partial charge on any atom is -0.497 e. The minimum absolute atomic E-state index is 0.295. The van der Waals surface area contributed by atoms with Crippen LogP contribution in [0, 0.1) is 0 Å². The van der Waals surface area contributed by atoms with E-state index in [2.05, 4.69) is 0 Å². The first-order chi connectivity index (χ1) is 9.90. The Morgan fingerprint density at radius 1 is 1.10 bits per heavy atom. The van der Waals surface area contributed by atoms with Crippen LogP contribution in [0.5, 0.6) is 5.75 Å². The van der Waals surface area contributed by atoms with Crippen LogP contribution in [0.15, 0.2) is 48.5 Å². The van der Waals surface area contributed by atoms with Gasteiger partial charge in [-0.15, -0.1) is 0 Å². The van der Waals surface area contributed by atoms with E-state index in [1.807, 2.05) is 24.3 Å². The molecule has 0 radical (unpaired) electrons. The van der Waals surface area contributed by atoms with Gasteiger partial charge in [-0.05, 0) is 41.8 Å². The molecule has 2 aromatic rings. The second-order valence-corrected chi connectivity index (χ2v) is 4.78. The van der Waals surface area contributed by atoms with Gasteiger partial charge in [0.2, 0.25) is 0 Å². The molecule has 2 nitrogen and oxygen atoms in total. The van der Waals surface area contributed by atoms with Gasteiger partial charge < -0.3 is 10.5 Å². The molecule has 0 spiro atoms. The van der Waals surface area contributed by atoms with Crippen LogP contribution in [0.3, 0.4) is 0 Å². The van der Waals surface area contributed by atoms with Crippen LogP contribution < -0.4 is 10.5 Å². The van der Waals surface area contributed by atoms with Crippen molar-refractivity contribution in [2.75, 3.05) is 7.11 Å². The molecule has 0 heterocycles. The molecule has 1 unspecified atom stereocenters. The Labute approximate surface area is 121 Å². The first-order valence-corrected chi connectivity index (χ1v) is 6.46. The summed E-state index contributed by atoms with van der Waals surface area (Å²) < 4.78 is 42.6. The summed E-state index contributed by atoms with van der Waals surface area (Å²) in [4.78, 5) is 0. The Kier molecular flexibility index (Phi) is 4.53. The highest BCUT2D eigenvalue weighted by Crippen LogP contribution is 2.29. The number of benzene rings is 2. The van der Waals surface area contributed by atoms with Crippen molar-refractivity contribution in [3.05, 3.63) is 65.2 Å². The van der Waals surface area contributed by atoms with Gasteiger partial charge in [0.05, 0.1) is 12.7 Å². The number of hydrogen-bond acceptors (Lipinski definition) is 2. The Hall–Kier alpha value is -2.01. The van der Waals surface area contributed by atoms with Crippen LogP contribution >= 0.6 is 0 Å². The van der Waals surface area contributed by atoms with E-state index < -0.39 is 11.7 Å². The topological polar surface area (TPSA) is 35.2 Å². The molecule has 0 fully saturated rings. The standard InChI is InChI=1S/C16H16F3NO/c1-21-14-4-2-3-12(10-14)15(20)9-11-5-7-13(8-6-11)16(17,18)19/h2-8,10,15H,9,20H2,1H3. The third-order valence-corrected chi connectivity index (χ3v) is 3.26. The van der Waals surface area contributed by atoms with E-state index in [4.69, 9.17) is 10.5 Å². The van der Waals surface area contributed by atoms with Crippen molar-refractivity contribution in [3.63, 3.8) is 0 Å². The van der Waals surface area contributed by atoms with E-state index in [0.717, 1.165) is 23.3 Å². The summed E-state index contributed by atoms with van der Waals surface area (Å²) in [6.07, 6.45) is -3.85. The molecule has 0 amide bonds. The maximum atomic E-state index is 12.5. The molecule has 5 heteroatoms. The van der Waals surface area contributed by atoms with Gasteiger partial charge in [0.25, 0.3) is 0 Å². The lowest BCUT2D eigenvalue weighted by Gasteiger charge is -2.14. The van der Waals surface area contributed by atoms with E-state index in [1.165, 1.54) is 12.1 Å². The summed E-state index contributed by atoms with van der Waals surface area (Å²) in [5, 5.41) is 0. The second-order valence-electron chi connectivity index (χ2n) is 4.78. The highest BCUT2D eigenvalue weighted by Gasteiger charge is 2.29. The third kappa shape index (κ3) is 3.98. The molecule has 21 heavy (non-hydrogen) atoms. The van der Waals surface area contributed by atoms with Crippen molar-refractivity contribution >= 4 is 0 Å². The van der Waals surface area contributed by atoms with Gasteiger partial charge in [0, 0.05) is 6.04 Å². The molecule has 0 aliphatic rings. The Morgan fingerprint density at radius 2 is 1.76 bits per heavy atom. The van der Waals surface area contributed by atoms with Crippen molar-refractivity contribution in [1.82, 2.24) is 0 Å². The smallest absolute Gasteiger partial charge is 0.416 e. The van der Waals surface area contributed by atoms with Gasteiger partial charge in [-0.3, -0.25) is 0 Å². The predicted octanol–water partition coefficient (Wildman–Crippen LogP) is 3.96. The fraction of sp³-hybridized carbons (Fsp3) is 0.250. The maximum Gasteiger partial charge on any atom is 0.416 e. The minimum atomic E-state index is -4.31. The zero-order valence-corrected chi connectivity index (χ0v) is 11.5. The van der Waals surface area contributed by atoms with Crippen molar-refractivity contribution in [2.45, 2.75) is 18.6 Å². The number of rotatable bonds is 4. The second kappa shape index (κ2) is 6.18. The molecule has 0 aliphatic heterocycles. The first kappa shape index (κ1) is 15.4. The summed E-state index contributed by atoms with van der Waals surface area (Å²) in [6.45, 7) is 0. The lowest BCUT2D eigenvalue weighted by molar-refractivity contribution is -0.137. The molecule has 0 saturated heterocycles. The van der Waals surface area contributed by atoms with Gasteiger partial charge in [-0.25, -0.2) is 0 Å². The fourth-order valence-electron chi connectivity index (χ4n) is 2.07. The number of nitrogens with two attached hydrogens (primary N) is 1. The molecule has 2 N–H and O–H groups in total. The number of methoxy groups -OCH3 is 1. The quantitative estimate of drug-likeness (QED) is 0.926. The van der Waals surface area contributed by atoms with Crippen LogP contribution in [0.25, 0.3) is 0 Å². The van der Waals surface area contributed by atoms with Crippen LogP contribution in [0.4, 0.5) is 13.2 Å². The van der Waals surface area contributed by atoms with Gasteiger partial charge >= 0.3 is 6.18 Å². The number of alkyl halides is 3. The average Bonchev–Trinajstić information content (AvgIpc) is 2.47. The van der Waals surface area contributed by atoms with Crippen molar-refractivity contribution in [1.29, 1.82) is 0 Å². The van der Waals surface area contributed by atoms with E-state index in [-0.39, 0.29) is 6.04 Å². The zero-order chi connectivity index (χ0) is 15.5. The van der Waals surface area contributed by atoms with Crippen molar-refractivity contribution in [2.24, 2.45) is 5.73 Å². The summed E-state index contributed by atoms with van der Waals surface area (Å²) in [6, 6.07) is 12.1. The fourth-order valence-corrected chi connectivity index (χ4v) is 2.07. The predicted molar refractivity (Wildman–Crippen MR) is 75.1 cm³/mol. The SMILES string of the molecule is COc1cccc(C(N)Cc2ccc(C(F)(F)F)cc2)c1. The Morgan fingerprint density at radius 3 is 2.33 bits per heavy atom. The Bertz CT molecular complexity index is 593. The maximum absolute atomic E-state index is 12.5. The molecule has 0 aromatic heterocycles. The summed E-state index contributed by atoms with van der Waals surface area (Å²) in [7, 11) is 1.57. The molecular weight excluding hydrogens is 279 g/mol. The number of ether oxygens (including phenoxy) is 1. The number of halogens is 3. The largest absolute Gasteiger partial charge is 0.497 e. The third-order valence-electron chi connectivity index (χ3n) is 3.26. The van der Waals surface area contributed by atoms with Crippen molar-refractivity contribution < 1.29 is 17.9 Å². The molecule has 2 aromatic carbocycles. The summed E-state index contributed by atoms with van der Waals surface area (Å²) in [5.41, 5.74) is 7.09. The molecule has 2 rings (SSSR count). The highest BCUT2D eigenvalue weighted by molar-refractivity contribution is 5.32. The van der Waals surface area contributed by atoms with Crippen LogP contribution in [-0.4, -0.2) is 7.11 Å². The average molecular weight is 295 g/mol. The van der Waals surface area contributed by atoms with Gasteiger partial charge in [-0.2, -0.15) is 13.2 Å². The molecule has 0 bridgehead atoms. The van der Waals surface area contributed by atoms with Gasteiger partial charge in [-0.1, -0.05) is 24.3 Å². The Balaban J connectivity index is 2.10. The molecule has 0 saturated carbocycles. The first-order valence-electron chi connectivity index (χ1n) is 6.46. The lowest BCUT2D eigenvalue weighted by Crippen LogP contribution is -2.13. The van der Waals surface area contributed by atoms with E-state index in [0.29, 0.717) is 12.2 Å². The van der Waals surface area contributed by atoms with E-state index >= 15 is 0 Å². The number of hydrogen-bond donors (Lipinski definition) is 1. The van der Waals surface area contributed by atoms with E-state index in [9.17, 15) is 13.2 Å². The van der Waals surface area contributed by atoms with Crippen LogP contribution in [0.2, 0.25) is 0 Å². The molecule has 1 atom stereocenters. The van der Waals surface area contributed by atoms with Crippen LogP contribution in [0.1, 0.15) is 22.7 Å². The summed E-state index contributed by atoms with van der Waals surface area (Å²) >= 11 is 0.